The standard InChI is InChI=1S/C16H26N4O2/c1-3-22-14-9-13(16(14)5-4-6-16)19-15(21)18-12(2)10-20-8-7-17-11-20/h7-8,11-14H,3-6,9-10H2,1-2H3,(H2,18,19,21)/t12-,13+,14-/m1/s1. The summed E-state index contributed by atoms with van der Waals surface area (Å²) in [4.78, 5) is 16.2. The summed E-state index contributed by atoms with van der Waals surface area (Å²) in [6, 6.07) is 0.256. The van der Waals surface area contributed by atoms with E-state index >= 15 is 0 Å². The third-order valence-corrected chi connectivity index (χ3v) is 5.16. The van der Waals surface area contributed by atoms with Gasteiger partial charge in [0.2, 0.25) is 0 Å². The molecule has 2 fully saturated rings. The molecule has 2 saturated carbocycles. The van der Waals surface area contributed by atoms with E-state index in [2.05, 4.69) is 15.6 Å². The summed E-state index contributed by atoms with van der Waals surface area (Å²) in [6.07, 6.45) is 10.3. The van der Waals surface area contributed by atoms with Gasteiger partial charge in [-0.3, -0.25) is 0 Å². The number of carbonyl (C=O) groups is 1. The maximum Gasteiger partial charge on any atom is 0.315 e. The quantitative estimate of drug-likeness (QED) is 0.843. The molecule has 122 valence electrons. The van der Waals surface area contributed by atoms with Crippen molar-refractivity contribution >= 4 is 6.03 Å². The molecule has 1 heterocycles. The first-order valence-corrected chi connectivity index (χ1v) is 8.28. The Bertz CT molecular complexity index is 498. The Morgan fingerprint density at radius 3 is 2.95 bits per heavy atom. The molecule has 2 aliphatic rings. The van der Waals surface area contributed by atoms with E-state index in [1.807, 2.05) is 24.6 Å². The van der Waals surface area contributed by atoms with Crippen LogP contribution in [0.3, 0.4) is 0 Å². The summed E-state index contributed by atoms with van der Waals surface area (Å²) < 4.78 is 7.78. The van der Waals surface area contributed by atoms with Gasteiger partial charge < -0.3 is 19.9 Å². The number of imidazole rings is 1. The number of amides is 2. The van der Waals surface area contributed by atoms with Gasteiger partial charge >= 0.3 is 6.03 Å². The number of nitrogens with one attached hydrogen (secondary N) is 2. The molecule has 2 N–H and O–H groups in total. The van der Waals surface area contributed by atoms with Crippen LogP contribution < -0.4 is 10.6 Å². The normalized spacial score (nSPS) is 26.8. The van der Waals surface area contributed by atoms with Crippen LogP contribution in [0.1, 0.15) is 39.5 Å². The number of urea groups is 1. The van der Waals surface area contributed by atoms with Gasteiger partial charge in [0.15, 0.2) is 0 Å². The van der Waals surface area contributed by atoms with Gasteiger partial charge in [0.25, 0.3) is 0 Å². The Balaban J connectivity index is 1.46. The van der Waals surface area contributed by atoms with Crippen LogP contribution >= 0.6 is 0 Å². The van der Waals surface area contributed by atoms with E-state index in [9.17, 15) is 4.79 Å². The highest BCUT2D eigenvalue weighted by molar-refractivity contribution is 5.74. The van der Waals surface area contributed by atoms with Crippen molar-refractivity contribution in [1.82, 2.24) is 20.2 Å². The van der Waals surface area contributed by atoms with Crippen molar-refractivity contribution in [2.45, 2.75) is 64.3 Å². The molecule has 0 aromatic carbocycles. The second-order valence-corrected chi connectivity index (χ2v) is 6.60. The van der Waals surface area contributed by atoms with Crippen LogP contribution in [0.5, 0.6) is 0 Å². The molecule has 0 bridgehead atoms. The summed E-state index contributed by atoms with van der Waals surface area (Å²) in [7, 11) is 0. The molecule has 3 atom stereocenters. The van der Waals surface area contributed by atoms with Crippen molar-refractivity contribution in [3.8, 4) is 0 Å². The summed E-state index contributed by atoms with van der Waals surface area (Å²) >= 11 is 0. The zero-order valence-electron chi connectivity index (χ0n) is 13.4. The van der Waals surface area contributed by atoms with Gasteiger partial charge in [-0.25, -0.2) is 9.78 Å². The van der Waals surface area contributed by atoms with Crippen molar-refractivity contribution in [3.05, 3.63) is 18.7 Å². The van der Waals surface area contributed by atoms with Crippen LogP contribution in [-0.4, -0.2) is 40.4 Å². The number of aromatic nitrogens is 2. The predicted molar refractivity (Wildman–Crippen MR) is 83.5 cm³/mol. The van der Waals surface area contributed by atoms with E-state index in [0.717, 1.165) is 19.6 Å². The van der Waals surface area contributed by atoms with E-state index in [4.69, 9.17) is 4.74 Å². The van der Waals surface area contributed by atoms with Gasteiger partial charge in [-0.15, -0.1) is 0 Å². The lowest BCUT2D eigenvalue weighted by atomic mass is 9.51. The van der Waals surface area contributed by atoms with Crippen molar-refractivity contribution in [2.75, 3.05) is 6.61 Å². The Labute approximate surface area is 131 Å². The number of hydrogen-bond donors (Lipinski definition) is 2. The maximum absolute atomic E-state index is 12.2. The van der Waals surface area contributed by atoms with Crippen molar-refractivity contribution in [2.24, 2.45) is 5.41 Å². The Morgan fingerprint density at radius 1 is 1.55 bits per heavy atom. The van der Waals surface area contributed by atoms with Crippen LogP contribution in [0, 0.1) is 5.41 Å². The third kappa shape index (κ3) is 2.84. The molecule has 0 unspecified atom stereocenters. The highest BCUT2D eigenvalue weighted by atomic mass is 16.5. The zero-order valence-corrected chi connectivity index (χ0v) is 13.4. The molecule has 2 amide bonds. The lowest BCUT2D eigenvalue weighted by molar-refractivity contribution is -0.169. The fourth-order valence-electron chi connectivity index (χ4n) is 3.82. The maximum atomic E-state index is 12.2. The van der Waals surface area contributed by atoms with E-state index in [1.54, 1.807) is 12.5 Å². The predicted octanol–water partition coefficient (Wildman–Crippen LogP) is 1.92. The summed E-state index contributed by atoms with van der Waals surface area (Å²) in [5.41, 5.74) is 0.209. The average molecular weight is 306 g/mol. The molecule has 1 aromatic heterocycles. The molecular formula is C16H26N4O2. The first-order chi connectivity index (χ1) is 10.6. The Hall–Kier alpha value is -1.56. The fraction of sp³-hybridized carbons (Fsp3) is 0.750. The molecule has 2 aliphatic carbocycles. The largest absolute Gasteiger partial charge is 0.378 e. The SMILES string of the molecule is CCO[C@@H]1C[C@H](NC(=O)N[C@H](C)Cn2ccnc2)C12CCC2. The lowest BCUT2D eigenvalue weighted by Crippen LogP contribution is -2.68. The zero-order chi connectivity index (χ0) is 15.6. The molecule has 22 heavy (non-hydrogen) atoms. The average Bonchev–Trinajstić information content (AvgIpc) is 2.87. The minimum atomic E-state index is -0.0705. The van der Waals surface area contributed by atoms with Gasteiger partial charge in [-0.1, -0.05) is 6.42 Å². The molecule has 0 radical (unpaired) electrons. The highest BCUT2D eigenvalue weighted by Gasteiger charge is 2.59. The van der Waals surface area contributed by atoms with Crippen molar-refractivity contribution in [1.29, 1.82) is 0 Å². The number of carbonyl (C=O) groups excluding carboxylic acids is 1. The molecule has 6 heteroatoms. The van der Waals surface area contributed by atoms with Crippen LogP contribution in [0.2, 0.25) is 0 Å². The van der Waals surface area contributed by atoms with E-state index in [-0.39, 0.29) is 23.5 Å². The van der Waals surface area contributed by atoms with Gasteiger partial charge in [0.1, 0.15) is 0 Å². The van der Waals surface area contributed by atoms with Crippen molar-refractivity contribution < 1.29 is 9.53 Å². The molecule has 0 aliphatic heterocycles. The first-order valence-electron chi connectivity index (χ1n) is 8.28. The molecular weight excluding hydrogens is 280 g/mol. The molecule has 1 spiro atoms. The Kier molecular flexibility index (Phi) is 4.38. The number of rotatable bonds is 6. The second kappa shape index (κ2) is 6.28. The monoisotopic (exact) mass is 306 g/mol. The topological polar surface area (TPSA) is 68.2 Å². The summed E-state index contributed by atoms with van der Waals surface area (Å²) in [5.74, 6) is 0. The molecule has 1 aromatic rings. The molecule has 0 saturated heterocycles. The highest BCUT2D eigenvalue weighted by Crippen LogP contribution is 2.57. The smallest absolute Gasteiger partial charge is 0.315 e. The minimum absolute atomic E-state index is 0.0642. The summed E-state index contributed by atoms with van der Waals surface area (Å²) in [5, 5.41) is 6.16. The fourth-order valence-corrected chi connectivity index (χ4v) is 3.82. The van der Waals surface area contributed by atoms with Gasteiger partial charge in [-0.2, -0.15) is 0 Å². The van der Waals surface area contributed by atoms with Gasteiger partial charge in [0, 0.05) is 43.0 Å². The molecule has 3 rings (SSSR count). The van der Waals surface area contributed by atoms with Gasteiger partial charge in [0.05, 0.1) is 12.4 Å². The second-order valence-electron chi connectivity index (χ2n) is 6.60. The number of ether oxygens (including phenoxy) is 1. The third-order valence-electron chi connectivity index (χ3n) is 5.16. The van der Waals surface area contributed by atoms with Crippen LogP contribution in [0.4, 0.5) is 4.79 Å². The minimum Gasteiger partial charge on any atom is -0.378 e. The number of hydrogen-bond acceptors (Lipinski definition) is 3. The van der Waals surface area contributed by atoms with Crippen LogP contribution in [0.15, 0.2) is 18.7 Å². The summed E-state index contributed by atoms with van der Waals surface area (Å²) in [6.45, 7) is 5.53. The van der Waals surface area contributed by atoms with Gasteiger partial charge in [-0.05, 0) is 33.1 Å². The van der Waals surface area contributed by atoms with E-state index in [1.165, 1.54) is 19.3 Å². The molecule has 6 nitrogen and oxygen atoms in total. The number of nitrogens with zero attached hydrogens (tertiary/aromatic N) is 2. The van der Waals surface area contributed by atoms with Crippen LogP contribution in [0.25, 0.3) is 0 Å². The first kappa shape index (κ1) is 15.3. The van der Waals surface area contributed by atoms with E-state index < -0.39 is 0 Å². The van der Waals surface area contributed by atoms with E-state index in [0.29, 0.717) is 6.10 Å². The van der Waals surface area contributed by atoms with Crippen molar-refractivity contribution in [3.63, 3.8) is 0 Å². The lowest BCUT2D eigenvalue weighted by Gasteiger charge is -2.60. The Morgan fingerprint density at radius 2 is 2.36 bits per heavy atom. The van der Waals surface area contributed by atoms with Crippen LogP contribution in [-0.2, 0) is 11.3 Å².